The molecule has 2 aliphatic heterocycles. The Balaban J connectivity index is 1.36. The molecule has 0 radical (unpaired) electrons. The SMILES string of the molecule is C=C(Cl)/C=C(/C)C(=C)Nc1ncc2c(n1)CN([C@H]1CCN(C(=C)c3ccnc(NSC)c3)[C@H](C)C1)C2. The van der Waals surface area contributed by atoms with E-state index in [1.807, 2.05) is 31.6 Å². The highest BCUT2D eigenvalue weighted by Crippen LogP contribution is 2.33. The van der Waals surface area contributed by atoms with Gasteiger partial charge in [-0.3, -0.25) is 4.90 Å². The highest BCUT2D eigenvalue weighted by atomic mass is 35.5. The van der Waals surface area contributed by atoms with Gasteiger partial charge in [-0.1, -0.05) is 43.3 Å². The maximum absolute atomic E-state index is 5.88. The van der Waals surface area contributed by atoms with Crippen molar-refractivity contribution in [1.29, 1.82) is 0 Å². The maximum atomic E-state index is 5.88. The molecule has 2 atom stereocenters. The Labute approximate surface area is 223 Å². The summed E-state index contributed by atoms with van der Waals surface area (Å²) in [5.74, 6) is 1.41. The first-order valence-electron chi connectivity index (χ1n) is 12.0. The maximum Gasteiger partial charge on any atom is 0.227 e. The minimum absolute atomic E-state index is 0.392. The van der Waals surface area contributed by atoms with Crippen molar-refractivity contribution in [2.45, 2.75) is 51.9 Å². The third-order valence-corrected chi connectivity index (χ3v) is 7.33. The minimum Gasteiger partial charge on any atom is -0.369 e. The Bertz CT molecular complexity index is 1190. The van der Waals surface area contributed by atoms with Gasteiger partial charge in [0.05, 0.1) is 5.69 Å². The van der Waals surface area contributed by atoms with Gasteiger partial charge in [0.2, 0.25) is 5.95 Å². The van der Waals surface area contributed by atoms with Gasteiger partial charge in [-0.05, 0) is 50.5 Å². The molecule has 0 saturated carbocycles. The smallest absolute Gasteiger partial charge is 0.227 e. The summed E-state index contributed by atoms with van der Waals surface area (Å²) in [4.78, 5) is 18.6. The van der Waals surface area contributed by atoms with E-state index in [1.54, 1.807) is 6.08 Å². The number of halogens is 1. The highest BCUT2D eigenvalue weighted by molar-refractivity contribution is 7.99. The van der Waals surface area contributed by atoms with Gasteiger partial charge in [0.1, 0.15) is 5.82 Å². The normalized spacial score (nSPS) is 20.1. The molecule has 0 unspecified atom stereocenters. The summed E-state index contributed by atoms with van der Waals surface area (Å²) in [5.41, 5.74) is 6.04. The van der Waals surface area contributed by atoms with E-state index in [4.69, 9.17) is 16.6 Å². The molecule has 0 aromatic carbocycles. The highest BCUT2D eigenvalue weighted by Gasteiger charge is 2.33. The zero-order chi connectivity index (χ0) is 25.8. The van der Waals surface area contributed by atoms with E-state index in [0.717, 1.165) is 60.8 Å². The quantitative estimate of drug-likeness (QED) is 0.305. The molecular weight excluding hydrogens is 490 g/mol. The minimum atomic E-state index is 0.392. The van der Waals surface area contributed by atoms with Crippen LogP contribution in [0.3, 0.4) is 0 Å². The summed E-state index contributed by atoms with van der Waals surface area (Å²) in [6.45, 7) is 19.1. The molecule has 4 heterocycles. The van der Waals surface area contributed by atoms with E-state index in [0.29, 0.717) is 28.8 Å². The van der Waals surface area contributed by atoms with Crippen LogP contribution in [-0.2, 0) is 13.1 Å². The summed E-state index contributed by atoms with van der Waals surface area (Å²) < 4.78 is 3.20. The number of rotatable bonds is 9. The Morgan fingerprint density at radius 1 is 1.25 bits per heavy atom. The first-order valence-corrected chi connectivity index (χ1v) is 13.6. The predicted octanol–water partition coefficient (Wildman–Crippen LogP) is 6.03. The molecule has 4 rings (SSSR count). The molecule has 0 bridgehead atoms. The van der Waals surface area contributed by atoms with Crippen molar-refractivity contribution in [2.24, 2.45) is 0 Å². The standard InChI is InChI=1S/C27H34ClN7S/c1-17(11-18(2)28)20(4)31-27-30-14-23-15-34(16-25(23)32-27)24-8-10-35(19(3)12-24)21(5)22-7-9-29-26(13-22)33-36-6/h7,9,11,13-14,19,24H,2,4-5,8,10,12,15-16H2,1,3,6H3,(H,29,33)(H,30,31,32)/b17-11-/t19-,24+/m1/s1. The van der Waals surface area contributed by atoms with Crippen LogP contribution in [0.5, 0.6) is 0 Å². The number of anilines is 2. The molecule has 1 fully saturated rings. The molecule has 0 amide bonds. The number of nitrogens with one attached hydrogen (secondary N) is 2. The average Bonchev–Trinajstić information content (AvgIpc) is 3.27. The number of nitrogens with zero attached hydrogens (tertiary/aromatic N) is 5. The Morgan fingerprint density at radius 3 is 2.78 bits per heavy atom. The fourth-order valence-corrected chi connectivity index (χ4v) is 5.35. The van der Waals surface area contributed by atoms with Crippen molar-refractivity contribution in [2.75, 3.05) is 22.8 Å². The third-order valence-electron chi connectivity index (χ3n) is 6.80. The average molecular weight is 524 g/mol. The van der Waals surface area contributed by atoms with Gasteiger partial charge in [0, 0.05) is 77.9 Å². The topological polar surface area (TPSA) is 69.2 Å². The lowest BCUT2D eigenvalue weighted by atomic mass is 9.95. The van der Waals surface area contributed by atoms with Crippen molar-refractivity contribution in [3.63, 3.8) is 0 Å². The van der Waals surface area contributed by atoms with Crippen molar-refractivity contribution in [1.82, 2.24) is 24.8 Å². The lowest BCUT2D eigenvalue weighted by molar-refractivity contribution is 0.102. The molecule has 0 aliphatic carbocycles. The lowest BCUT2D eigenvalue weighted by Crippen LogP contribution is -2.46. The van der Waals surface area contributed by atoms with Crippen molar-refractivity contribution in [3.8, 4) is 0 Å². The molecule has 7 nitrogen and oxygen atoms in total. The Hall–Kier alpha value is -2.81. The number of likely N-dealkylation sites (tertiary alicyclic amines) is 1. The fourth-order valence-electron chi connectivity index (χ4n) is 4.87. The Morgan fingerprint density at radius 2 is 2.06 bits per heavy atom. The van der Waals surface area contributed by atoms with Crippen LogP contribution in [0.1, 0.15) is 43.5 Å². The van der Waals surface area contributed by atoms with Gasteiger partial charge in [0.25, 0.3) is 0 Å². The molecule has 2 N–H and O–H groups in total. The van der Waals surface area contributed by atoms with Gasteiger partial charge in [-0.25, -0.2) is 15.0 Å². The first kappa shape index (κ1) is 26.3. The number of hydrogen-bond donors (Lipinski definition) is 2. The second kappa shape index (κ2) is 11.5. The van der Waals surface area contributed by atoms with E-state index in [2.05, 4.69) is 62.5 Å². The van der Waals surface area contributed by atoms with Crippen molar-refractivity contribution < 1.29 is 0 Å². The summed E-state index contributed by atoms with van der Waals surface area (Å²) in [6, 6.07) is 4.99. The predicted molar refractivity (Wildman–Crippen MR) is 152 cm³/mol. The molecule has 2 aromatic heterocycles. The molecule has 9 heteroatoms. The number of piperidine rings is 1. The fraction of sp³-hybridized carbons (Fsp3) is 0.370. The summed E-state index contributed by atoms with van der Waals surface area (Å²) in [6.07, 6.45) is 9.69. The van der Waals surface area contributed by atoms with Gasteiger partial charge >= 0.3 is 0 Å². The van der Waals surface area contributed by atoms with Crippen LogP contribution in [0.2, 0.25) is 0 Å². The van der Waals surface area contributed by atoms with E-state index in [-0.39, 0.29) is 0 Å². The molecular formula is C27H34ClN7S. The molecule has 36 heavy (non-hydrogen) atoms. The molecule has 1 saturated heterocycles. The largest absolute Gasteiger partial charge is 0.369 e. The third kappa shape index (κ3) is 6.11. The van der Waals surface area contributed by atoms with Gasteiger partial charge in [-0.2, -0.15) is 0 Å². The van der Waals surface area contributed by atoms with Crippen LogP contribution in [-0.4, -0.2) is 49.6 Å². The lowest BCUT2D eigenvalue weighted by Gasteiger charge is -2.43. The monoisotopic (exact) mass is 523 g/mol. The van der Waals surface area contributed by atoms with E-state index < -0.39 is 0 Å². The second-order valence-electron chi connectivity index (χ2n) is 9.35. The number of aromatic nitrogens is 3. The number of hydrogen-bond acceptors (Lipinski definition) is 8. The van der Waals surface area contributed by atoms with Crippen LogP contribution in [0, 0.1) is 0 Å². The van der Waals surface area contributed by atoms with Crippen molar-refractivity contribution >= 4 is 41.0 Å². The van der Waals surface area contributed by atoms with E-state index in [9.17, 15) is 0 Å². The van der Waals surface area contributed by atoms with Crippen LogP contribution >= 0.6 is 23.5 Å². The number of fused-ring (bicyclic) bond motifs is 1. The van der Waals surface area contributed by atoms with Crippen LogP contribution in [0.25, 0.3) is 5.70 Å². The van der Waals surface area contributed by atoms with Gasteiger partial charge < -0.3 is 14.9 Å². The summed E-state index contributed by atoms with van der Waals surface area (Å²) in [7, 11) is 0. The zero-order valence-electron chi connectivity index (χ0n) is 21.2. The number of pyridine rings is 1. The van der Waals surface area contributed by atoms with Crippen LogP contribution < -0.4 is 10.0 Å². The Kier molecular flexibility index (Phi) is 8.39. The first-order chi connectivity index (χ1) is 17.2. The zero-order valence-corrected chi connectivity index (χ0v) is 22.8. The second-order valence-corrected chi connectivity index (χ2v) is 10.4. The molecule has 0 spiro atoms. The summed E-state index contributed by atoms with van der Waals surface area (Å²) >= 11 is 7.42. The van der Waals surface area contributed by atoms with Gasteiger partial charge in [-0.15, -0.1) is 0 Å². The number of allylic oxidation sites excluding steroid dienone is 3. The van der Waals surface area contributed by atoms with Gasteiger partial charge in [0.15, 0.2) is 0 Å². The van der Waals surface area contributed by atoms with E-state index in [1.165, 1.54) is 17.5 Å². The summed E-state index contributed by atoms with van der Waals surface area (Å²) in [5, 5.41) is 3.66. The van der Waals surface area contributed by atoms with Crippen molar-refractivity contribution in [3.05, 3.63) is 83.5 Å². The molecule has 190 valence electrons. The van der Waals surface area contributed by atoms with E-state index >= 15 is 0 Å². The molecule has 2 aromatic rings. The van der Waals surface area contributed by atoms with Crippen LogP contribution in [0.4, 0.5) is 11.8 Å². The van der Waals surface area contributed by atoms with Crippen LogP contribution in [0.15, 0.2) is 66.6 Å². The molecule has 2 aliphatic rings.